The van der Waals surface area contributed by atoms with Gasteiger partial charge in [-0.05, 0) is 22.6 Å². The molecule has 28 heavy (non-hydrogen) atoms. The lowest BCUT2D eigenvalue weighted by Gasteiger charge is -2.22. The highest BCUT2D eigenvalue weighted by Crippen LogP contribution is 2.26. The van der Waals surface area contributed by atoms with Crippen LogP contribution in [-0.4, -0.2) is 15.5 Å². The lowest BCUT2D eigenvalue weighted by atomic mass is 10.0. The van der Waals surface area contributed by atoms with E-state index in [0.717, 1.165) is 30.8 Å². The normalized spacial score (nSPS) is 14.5. The molecule has 146 valence electrons. The summed E-state index contributed by atoms with van der Waals surface area (Å²) in [5, 5.41) is 6.28. The van der Waals surface area contributed by atoms with E-state index in [-0.39, 0.29) is 11.8 Å². The van der Waals surface area contributed by atoms with E-state index in [1.165, 1.54) is 17.5 Å². The Balaban J connectivity index is 1.56. The largest absolute Gasteiger partial charge is 0.350 e. The molecule has 2 aromatic carbocycles. The molecule has 1 aliphatic rings. The number of carbonyl (C=O) groups is 1. The molecular formula is C21H22F2N4O. The van der Waals surface area contributed by atoms with Gasteiger partial charge in [0.1, 0.15) is 6.04 Å². The number of benzene rings is 2. The fraction of sp³-hybridized carbons (Fsp3) is 0.333. The zero-order valence-corrected chi connectivity index (χ0v) is 15.8. The minimum absolute atomic E-state index is 0.0604. The number of carbonyl (C=O) groups excluding carboxylic acids is 1. The molecule has 0 bridgehead atoms. The molecule has 0 radical (unpaired) electrons. The fourth-order valence-electron chi connectivity index (χ4n) is 3.75. The first-order chi connectivity index (χ1) is 13.4. The highest BCUT2D eigenvalue weighted by atomic mass is 19.2. The molecule has 0 fully saturated rings. The average molecular weight is 384 g/mol. The van der Waals surface area contributed by atoms with Crippen LogP contribution in [0.1, 0.15) is 36.6 Å². The summed E-state index contributed by atoms with van der Waals surface area (Å²) in [7, 11) is 0. The Morgan fingerprint density at radius 3 is 2.71 bits per heavy atom. The van der Waals surface area contributed by atoms with Crippen molar-refractivity contribution in [2.24, 2.45) is 5.92 Å². The third kappa shape index (κ3) is 3.38. The second-order valence-corrected chi connectivity index (χ2v) is 7.52. The van der Waals surface area contributed by atoms with Crippen molar-refractivity contribution < 1.29 is 13.6 Å². The maximum absolute atomic E-state index is 13.7. The summed E-state index contributed by atoms with van der Waals surface area (Å²) in [6, 6.07) is 7.76. The molecule has 5 nitrogen and oxygen atoms in total. The Kier molecular flexibility index (Phi) is 4.85. The zero-order chi connectivity index (χ0) is 19.8. The maximum Gasteiger partial charge on any atom is 0.243 e. The van der Waals surface area contributed by atoms with Gasteiger partial charge in [-0.15, -0.1) is 0 Å². The Labute approximate surface area is 161 Å². The molecule has 1 aliphatic heterocycles. The van der Waals surface area contributed by atoms with E-state index >= 15 is 0 Å². The maximum atomic E-state index is 13.7. The van der Waals surface area contributed by atoms with Crippen LogP contribution in [-0.2, 0) is 24.4 Å². The van der Waals surface area contributed by atoms with E-state index in [1.807, 2.05) is 19.9 Å². The molecule has 0 aliphatic carbocycles. The summed E-state index contributed by atoms with van der Waals surface area (Å²) in [4.78, 5) is 17.1. The van der Waals surface area contributed by atoms with Gasteiger partial charge in [-0.25, -0.2) is 13.8 Å². The number of hydrogen-bond acceptors (Lipinski definition) is 3. The monoisotopic (exact) mass is 384 g/mol. The van der Waals surface area contributed by atoms with E-state index in [0.29, 0.717) is 17.6 Å². The summed E-state index contributed by atoms with van der Waals surface area (Å²) in [5.41, 5.74) is 4.29. The number of nitrogens with one attached hydrogen (secondary N) is 2. The molecule has 0 saturated carbocycles. The summed E-state index contributed by atoms with van der Waals surface area (Å²) in [6.07, 6.45) is 1.47. The van der Waals surface area contributed by atoms with Gasteiger partial charge >= 0.3 is 0 Å². The topological polar surface area (TPSA) is 59.0 Å². The molecule has 2 heterocycles. The Morgan fingerprint density at radius 1 is 1.18 bits per heavy atom. The number of halogens is 2. The second kappa shape index (κ2) is 7.31. The first-order valence-corrected chi connectivity index (χ1v) is 9.34. The van der Waals surface area contributed by atoms with Gasteiger partial charge in [-0.1, -0.05) is 32.0 Å². The van der Waals surface area contributed by atoms with Crippen molar-refractivity contribution in [3.05, 3.63) is 65.0 Å². The van der Waals surface area contributed by atoms with Gasteiger partial charge < -0.3 is 15.2 Å². The molecule has 3 aromatic rings. The SMILES string of the molecule is CC(C)C(C(=O)NCc1ccc2c(c1)CNC2)n1cnc2cc(F)c(F)cc21. The summed E-state index contributed by atoms with van der Waals surface area (Å²) in [5.74, 6) is -2.15. The highest BCUT2D eigenvalue weighted by molar-refractivity contribution is 5.84. The Morgan fingerprint density at radius 2 is 1.93 bits per heavy atom. The van der Waals surface area contributed by atoms with Gasteiger partial charge in [0.15, 0.2) is 11.6 Å². The van der Waals surface area contributed by atoms with Gasteiger partial charge in [0.05, 0.1) is 17.4 Å². The van der Waals surface area contributed by atoms with E-state index in [4.69, 9.17) is 0 Å². The summed E-state index contributed by atoms with van der Waals surface area (Å²) < 4.78 is 28.8. The van der Waals surface area contributed by atoms with Gasteiger partial charge in [0.25, 0.3) is 0 Å². The van der Waals surface area contributed by atoms with E-state index < -0.39 is 17.7 Å². The third-order valence-electron chi connectivity index (χ3n) is 5.18. The minimum Gasteiger partial charge on any atom is -0.350 e. The second-order valence-electron chi connectivity index (χ2n) is 7.52. The van der Waals surface area contributed by atoms with E-state index in [9.17, 15) is 13.6 Å². The molecule has 1 amide bonds. The van der Waals surface area contributed by atoms with Crippen LogP contribution in [0.15, 0.2) is 36.7 Å². The van der Waals surface area contributed by atoms with Gasteiger partial charge in [-0.2, -0.15) is 0 Å². The van der Waals surface area contributed by atoms with Gasteiger partial charge in [0, 0.05) is 31.8 Å². The van der Waals surface area contributed by atoms with Crippen LogP contribution in [0.2, 0.25) is 0 Å². The lowest BCUT2D eigenvalue weighted by Crippen LogP contribution is -2.35. The Bertz CT molecular complexity index is 1040. The molecule has 2 N–H and O–H groups in total. The predicted molar refractivity (Wildman–Crippen MR) is 102 cm³/mol. The van der Waals surface area contributed by atoms with Crippen molar-refractivity contribution in [2.75, 3.05) is 0 Å². The first kappa shape index (κ1) is 18.6. The lowest BCUT2D eigenvalue weighted by molar-refractivity contribution is -0.125. The van der Waals surface area contributed by atoms with Gasteiger partial charge in [0.2, 0.25) is 5.91 Å². The van der Waals surface area contributed by atoms with Crippen molar-refractivity contribution >= 4 is 16.9 Å². The van der Waals surface area contributed by atoms with Crippen molar-refractivity contribution in [1.29, 1.82) is 0 Å². The summed E-state index contributed by atoms with van der Waals surface area (Å²) in [6.45, 7) is 5.95. The fourth-order valence-corrected chi connectivity index (χ4v) is 3.75. The smallest absolute Gasteiger partial charge is 0.243 e. The molecule has 0 saturated heterocycles. The third-order valence-corrected chi connectivity index (χ3v) is 5.18. The number of aromatic nitrogens is 2. The molecule has 1 aromatic heterocycles. The number of imidazole rings is 1. The molecule has 1 unspecified atom stereocenters. The number of hydrogen-bond donors (Lipinski definition) is 2. The van der Waals surface area contributed by atoms with Crippen molar-refractivity contribution in [2.45, 2.75) is 39.5 Å². The number of nitrogens with zero attached hydrogens (tertiary/aromatic N) is 2. The molecule has 1 atom stereocenters. The van der Waals surface area contributed by atoms with Crippen molar-refractivity contribution in [1.82, 2.24) is 20.2 Å². The van der Waals surface area contributed by atoms with Crippen molar-refractivity contribution in [3.8, 4) is 0 Å². The summed E-state index contributed by atoms with van der Waals surface area (Å²) >= 11 is 0. The van der Waals surface area contributed by atoms with Crippen LogP contribution in [0.3, 0.4) is 0 Å². The minimum atomic E-state index is -0.955. The molecular weight excluding hydrogens is 362 g/mol. The first-order valence-electron chi connectivity index (χ1n) is 9.34. The predicted octanol–water partition coefficient (Wildman–Crippen LogP) is 3.43. The average Bonchev–Trinajstić information content (AvgIpc) is 3.27. The van der Waals surface area contributed by atoms with Crippen LogP contribution >= 0.6 is 0 Å². The van der Waals surface area contributed by atoms with E-state index in [1.54, 1.807) is 4.57 Å². The number of amides is 1. The van der Waals surface area contributed by atoms with Crippen molar-refractivity contribution in [3.63, 3.8) is 0 Å². The number of rotatable bonds is 5. The van der Waals surface area contributed by atoms with Crippen LogP contribution in [0, 0.1) is 17.6 Å². The highest BCUT2D eigenvalue weighted by Gasteiger charge is 2.26. The molecule has 7 heteroatoms. The van der Waals surface area contributed by atoms with Crippen LogP contribution < -0.4 is 10.6 Å². The van der Waals surface area contributed by atoms with E-state index in [2.05, 4.69) is 27.8 Å². The quantitative estimate of drug-likeness (QED) is 0.709. The molecule has 0 spiro atoms. The van der Waals surface area contributed by atoms with Crippen LogP contribution in [0.25, 0.3) is 11.0 Å². The van der Waals surface area contributed by atoms with Gasteiger partial charge in [-0.3, -0.25) is 4.79 Å². The van der Waals surface area contributed by atoms with Crippen LogP contribution in [0.4, 0.5) is 8.78 Å². The number of fused-ring (bicyclic) bond motifs is 2. The standard InChI is InChI=1S/C21H22F2N4O/c1-12(2)20(27-11-26-18-6-16(22)17(23)7-19(18)27)21(28)25-8-13-3-4-14-9-24-10-15(14)5-13/h3-7,11-12,20,24H,8-10H2,1-2H3,(H,25,28). The van der Waals surface area contributed by atoms with Crippen LogP contribution in [0.5, 0.6) is 0 Å². The molecule has 4 rings (SSSR count). The Hall–Kier alpha value is -2.80. The zero-order valence-electron chi connectivity index (χ0n) is 15.8.